The summed E-state index contributed by atoms with van der Waals surface area (Å²) in [4.78, 5) is 0. The molecular weight excluding hydrogens is 264 g/mol. The minimum absolute atomic E-state index is 0.306. The third kappa shape index (κ3) is 1.81. The Bertz CT molecular complexity index is 259. The number of rotatable bonds is 2. The van der Waals surface area contributed by atoms with Crippen LogP contribution in [-0.2, 0) is 0 Å². The van der Waals surface area contributed by atoms with Crippen LogP contribution in [-0.4, -0.2) is 11.4 Å². The monoisotopic (exact) mass is 274 g/mol. The van der Waals surface area contributed by atoms with Crippen molar-refractivity contribution in [1.82, 2.24) is 0 Å². The SMILES string of the molecule is [Cl][Ge]([Cl])([CH]1C=CC=C1)[CH]1C=CC=C1. The van der Waals surface area contributed by atoms with Gasteiger partial charge in [-0.1, -0.05) is 0 Å². The summed E-state index contributed by atoms with van der Waals surface area (Å²) in [5.74, 6) is 0. The normalized spacial score (nSPS) is 22.3. The molecule has 0 atom stereocenters. The van der Waals surface area contributed by atoms with Gasteiger partial charge in [0.2, 0.25) is 0 Å². The van der Waals surface area contributed by atoms with E-state index < -0.39 is 11.4 Å². The van der Waals surface area contributed by atoms with Crippen molar-refractivity contribution in [2.45, 2.75) is 9.50 Å². The van der Waals surface area contributed by atoms with Gasteiger partial charge in [0.1, 0.15) is 0 Å². The van der Waals surface area contributed by atoms with Crippen molar-refractivity contribution in [3.05, 3.63) is 48.6 Å². The van der Waals surface area contributed by atoms with Gasteiger partial charge < -0.3 is 0 Å². The molecule has 0 fully saturated rings. The maximum absolute atomic E-state index is 6.50. The molecule has 0 nitrogen and oxygen atoms in total. The molecule has 0 aromatic rings. The van der Waals surface area contributed by atoms with Gasteiger partial charge in [-0.25, -0.2) is 0 Å². The van der Waals surface area contributed by atoms with E-state index in [1.165, 1.54) is 0 Å². The summed E-state index contributed by atoms with van der Waals surface area (Å²) in [6.45, 7) is 0. The Morgan fingerprint density at radius 2 is 1.00 bits per heavy atom. The summed E-state index contributed by atoms with van der Waals surface area (Å²) < 4.78 is 0.612. The van der Waals surface area contributed by atoms with Gasteiger partial charge in [0.25, 0.3) is 0 Å². The van der Waals surface area contributed by atoms with Crippen LogP contribution in [0, 0.1) is 0 Å². The van der Waals surface area contributed by atoms with Gasteiger partial charge >= 0.3 is 89.5 Å². The Morgan fingerprint density at radius 3 is 1.31 bits per heavy atom. The van der Waals surface area contributed by atoms with Crippen LogP contribution in [0.4, 0.5) is 0 Å². The topological polar surface area (TPSA) is 0 Å². The van der Waals surface area contributed by atoms with E-state index in [0.29, 0.717) is 9.50 Å². The van der Waals surface area contributed by atoms with Gasteiger partial charge in [-0.05, 0) is 0 Å². The van der Waals surface area contributed by atoms with Crippen LogP contribution in [0.25, 0.3) is 0 Å². The molecule has 0 aliphatic heterocycles. The van der Waals surface area contributed by atoms with E-state index in [0.717, 1.165) is 0 Å². The molecule has 0 aromatic carbocycles. The maximum atomic E-state index is 6.50. The van der Waals surface area contributed by atoms with Crippen LogP contribution in [0.5, 0.6) is 0 Å². The molecule has 2 rings (SSSR count). The van der Waals surface area contributed by atoms with E-state index in [1.807, 2.05) is 24.3 Å². The predicted octanol–water partition coefficient (Wildman–Crippen LogP) is 3.90. The molecule has 0 amide bonds. The average molecular weight is 274 g/mol. The fraction of sp³-hybridized carbons (Fsp3) is 0.200. The first-order chi connectivity index (χ1) is 6.21. The molecule has 3 heteroatoms. The number of allylic oxidation sites excluding steroid dienone is 8. The molecule has 0 spiro atoms. The van der Waals surface area contributed by atoms with Gasteiger partial charge in [0, 0.05) is 0 Å². The predicted molar refractivity (Wildman–Crippen MR) is 61.5 cm³/mol. The van der Waals surface area contributed by atoms with Crippen molar-refractivity contribution in [3.63, 3.8) is 0 Å². The Kier molecular flexibility index (Phi) is 2.73. The van der Waals surface area contributed by atoms with Crippen LogP contribution >= 0.6 is 20.0 Å². The molecule has 0 saturated carbocycles. The molecule has 0 aromatic heterocycles. The van der Waals surface area contributed by atoms with Gasteiger partial charge in [-0.2, -0.15) is 0 Å². The first-order valence-corrected chi connectivity index (χ1v) is 12.2. The van der Waals surface area contributed by atoms with Crippen LogP contribution in [0.15, 0.2) is 48.6 Å². The number of hydrogen-bond donors (Lipinski definition) is 0. The molecule has 2 aliphatic rings. The van der Waals surface area contributed by atoms with E-state index in [9.17, 15) is 0 Å². The zero-order chi connectivity index (χ0) is 9.31. The quantitative estimate of drug-likeness (QED) is 0.670. The van der Waals surface area contributed by atoms with Gasteiger partial charge in [-0.3, -0.25) is 0 Å². The molecule has 0 unspecified atom stereocenters. The first kappa shape index (κ1) is 9.63. The summed E-state index contributed by atoms with van der Waals surface area (Å²) in [6.07, 6.45) is 16.5. The molecular formula is C10H10Cl2Ge. The van der Waals surface area contributed by atoms with Crippen molar-refractivity contribution < 1.29 is 0 Å². The summed E-state index contributed by atoms with van der Waals surface area (Å²) >= 11 is -2.76. The Balaban J connectivity index is 2.19. The average Bonchev–Trinajstić information content (AvgIpc) is 2.78. The van der Waals surface area contributed by atoms with Crippen molar-refractivity contribution in [2.24, 2.45) is 0 Å². The summed E-state index contributed by atoms with van der Waals surface area (Å²) in [6, 6.07) is 0. The third-order valence-corrected chi connectivity index (χ3v) is 13.0. The van der Waals surface area contributed by atoms with E-state index >= 15 is 0 Å². The molecule has 2 aliphatic carbocycles. The van der Waals surface area contributed by atoms with E-state index in [2.05, 4.69) is 24.3 Å². The summed E-state index contributed by atoms with van der Waals surface area (Å²) in [5, 5.41) is 0. The van der Waals surface area contributed by atoms with E-state index in [-0.39, 0.29) is 0 Å². The zero-order valence-corrected chi connectivity index (χ0v) is 10.6. The fourth-order valence-electron chi connectivity index (χ4n) is 1.60. The molecule has 0 saturated heterocycles. The van der Waals surface area contributed by atoms with Crippen molar-refractivity contribution in [1.29, 1.82) is 0 Å². The van der Waals surface area contributed by atoms with Crippen LogP contribution < -0.4 is 0 Å². The molecule has 0 bridgehead atoms. The molecule has 0 heterocycles. The zero-order valence-electron chi connectivity index (χ0n) is 7.03. The Labute approximate surface area is 89.3 Å². The van der Waals surface area contributed by atoms with E-state index in [4.69, 9.17) is 20.0 Å². The second-order valence-electron chi connectivity index (χ2n) is 3.27. The third-order valence-electron chi connectivity index (χ3n) is 2.38. The molecule has 0 radical (unpaired) electrons. The fourth-order valence-corrected chi connectivity index (χ4v) is 8.64. The molecule has 0 N–H and O–H groups in total. The molecule has 13 heavy (non-hydrogen) atoms. The summed E-state index contributed by atoms with van der Waals surface area (Å²) in [5.41, 5.74) is 0. The molecule has 68 valence electrons. The second-order valence-corrected chi connectivity index (χ2v) is 16.4. The van der Waals surface area contributed by atoms with Crippen LogP contribution in [0.2, 0.25) is 9.50 Å². The number of halogens is 2. The van der Waals surface area contributed by atoms with Crippen LogP contribution in [0.1, 0.15) is 0 Å². The minimum atomic E-state index is -2.76. The van der Waals surface area contributed by atoms with Crippen molar-refractivity contribution >= 4 is 31.4 Å². The van der Waals surface area contributed by atoms with Gasteiger partial charge in [-0.15, -0.1) is 0 Å². The number of hydrogen-bond acceptors (Lipinski definition) is 0. The summed E-state index contributed by atoms with van der Waals surface area (Å²) in [7, 11) is 13.0. The Hall–Kier alpha value is 0.0829. The van der Waals surface area contributed by atoms with E-state index in [1.54, 1.807) is 0 Å². The standard InChI is InChI=1S/C10H10Cl2Ge/c11-13(12,9-5-1-2-6-9)10-7-3-4-8-10/h1-10H. The van der Waals surface area contributed by atoms with Gasteiger partial charge in [0.05, 0.1) is 0 Å². The Morgan fingerprint density at radius 1 is 0.692 bits per heavy atom. The van der Waals surface area contributed by atoms with Crippen molar-refractivity contribution in [3.8, 4) is 0 Å². The van der Waals surface area contributed by atoms with Gasteiger partial charge in [0.15, 0.2) is 0 Å². The van der Waals surface area contributed by atoms with Crippen LogP contribution in [0.3, 0.4) is 0 Å². The van der Waals surface area contributed by atoms with Crippen molar-refractivity contribution in [2.75, 3.05) is 0 Å². The first-order valence-electron chi connectivity index (χ1n) is 4.29. The second kappa shape index (κ2) is 3.68.